The second-order valence-corrected chi connectivity index (χ2v) is 7.70. The summed E-state index contributed by atoms with van der Waals surface area (Å²) in [5.41, 5.74) is 20.9. The maximum atomic E-state index is 12.5. The van der Waals surface area contributed by atoms with E-state index in [2.05, 4.69) is 22.3 Å². The number of carbonyl (C=O) groups excluding carboxylic acids is 3. The highest BCUT2D eigenvalue weighted by molar-refractivity contribution is 5.85. The number of amides is 3. The van der Waals surface area contributed by atoms with Crippen molar-refractivity contribution in [2.45, 2.75) is 64.7 Å². The molecule has 3 amide bonds. The maximum absolute atomic E-state index is 12.5. The van der Waals surface area contributed by atoms with Crippen molar-refractivity contribution in [1.29, 1.82) is 0 Å². The van der Waals surface area contributed by atoms with Gasteiger partial charge in [-0.1, -0.05) is 32.6 Å². The first-order chi connectivity index (χ1) is 15.9. The van der Waals surface area contributed by atoms with E-state index in [1.807, 2.05) is 0 Å². The van der Waals surface area contributed by atoms with Crippen LogP contribution in [-0.4, -0.2) is 81.8 Å². The van der Waals surface area contributed by atoms with Gasteiger partial charge in [-0.3, -0.25) is 9.59 Å². The molecule has 33 heavy (non-hydrogen) atoms. The first-order valence-electron chi connectivity index (χ1n) is 12.2. The van der Waals surface area contributed by atoms with Crippen molar-refractivity contribution in [3.05, 3.63) is 0 Å². The number of nitrogens with one attached hydrogen (secondary N) is 2. The van der Waals surface area contributed by atoms with Crippen LogP contribution in [0.15, 0.2) is 0 Å². The average Bonchev–Trinajstić information content (AvgIpc) is 2.78. The standard InChI is InChI=1S/C18H38N6O4.C4H11N/c19-8-4-2-1-3-7-12-24(17(26)14-22-10-6-5-9-20)15-16(25)23-11-13-28-18(21)27;1-2-3-4-5/h22H,1-15,19-20H2,(H2,21,27)(H,23,25);2-5H2,1H3. The monoisotopic (exact) mass is 475 g/mol. The Labute approximate surface area is 199 Å². The van der Waals surface area contributed by atoms with Crippen molar-refractivity contribution in [1.82, 2.24) is 15.5 Å². The summed E-state index contributed by atoms with van der Waals surface area (Å²) in [4.78, 5) is 36.6. The molecule has 0 saturated heterocycles. The minimum Gasteiger partial charge on any atom is -0.448 e. The highest BCUT2D eigenvalue weighted by Gasteiger charge is 2.16. The summed E-state index contributed by atoms with van der Waals surface area (Å²) in [5.74, 6) is -0.411. The van der Waals surface area contributed by atoms with E-state index in [9.17, 15) is 14.4 Å². The molecule has 0 saturated carbocycles. The minimum absolute atomic E-state index is 0.00113. The minimum atomic E-state index is -0.888. The van der Waals surface area contributed by atoms with Crippen LogP contribution in [0.1, 0.15) is 64.7 Å². The van der Waals surface area contributed by atoms with E-state index in [-0.39, 0.29) is 38.1 Å². The van der Waals surface area contributed by atoms with E-state index in [0.29, 0.717) is 26.2 Å². The highest BCUT2D eigenvalue weighted by atomic mass is 16.5. The molecule has 11 heteroatoms. The lowest BCUT2D eigenvalue weighted by molar-refractivity contribution is -0.135. The summed E-state index contributed by atoms with van der Waals surface area (Å²) in [7, 11) is 0. The largest absolute Gasteiger partial charge is 0.448 e. The zero-order chi connectivity index (χ0) is 25.2. The average molecular weight is 476 g/mol. The lowest BCUT2D eigenvalue weighted by Gasteiger charge is -2.22. The fourth-order valence-corrected chi connectivity index (χ4v) is 2.75. The van der Waals surface area contributed by atoms with Crippen molar-refractivity contribution in [3.8, 4) is 0 Å². The lowest BCUT2D eigenvalue weighted by Crippen LogP contribution is -2.45. The quantitative estimate of drug-likeness (QED) is 0.133. The molecule has 0 aromatic rings. The van der Waals surface area contributed by atoms with Gasteiger partial charge in [0.2, 0.25) is 11.8 Å². The van der Waals surface area contributed by atoms with Gasteiger partial charge in [-0.25, -0.2) is 4.79 Å². The summed E-state index contributed by atoms with van der Waals surface area (Å²) in [6.45, 7) is 5.86. The molecule has 0 aliphatic carbocycles. The molecule has 0 unspecified atom stereocenters. The number of nitrogens with two attached hydrogens (primary N) is 4. The van der Waals surface area contributed by atoms with Crippen LogP contribution in [-0.2, 0) is 14.3 Å². The molecule has 0 aliphatic heterocycles. The van der Waals surface area contributed by atoms with Gasteiger partial charge < -0.3 is 43.2 Å². The number of hydrogen-bond acceptors (Lipinski definition) is 8. The van der Waals surface area contributed by atoms with Crippen molar-refractivity contribution in [2.24, 2.45) is 22.9 Å². The molecular weight excluding hydrogens is 426 g/mol. The first kappa shape index (κ1) is 33.2. The molecule has 0 bridgehead atoms. The zero-order valence-electron chi connectivity index (χ0n) is 20.6. The SMILES string of the molecule is CCCCN.NCCCCCCCN(CC(=O)NCCOC(N)=O)C(=O)CNCCCCN. The van der Waals surface area contributed by atoms with Gasteiger partial charge in [-0.15, -0.1) is 0 Å². The zero-order valence-corrected chi connectivity index (χ0v) is 20.6. The number of carbonyl (C=O) groups is 3. The Morgan fingerprint density at radius 3 is 2.00 bits per heavy atom. The normalized spacial score (nSPS) is 10.2. The second-order valence-electron chi connectivity index (χ2n) is 7.70. The summed E-state index contributed by atoms with van der Waals surface area (Å²) >= 11 is 0. The van der Waals surface area contributed by atoms with Gasteiger partial charge in [-0.2, -0.15) is 0 Å². The van der Waals surface area contributed by atoms with Crippen LogP contribution in [0.5, 0.6) is 0 Å². The van der Waals surface area contributed by atoms with E-state index >= 15 is 0 Å². The number of primary amides is 1. The lowest BCUT2D eigenvalue weighted by atomic mass is 10.1. The summed E-state index contributed by atoms with van der Waals surface area (Å²) < 4.78 is 4.56. The van der Waals surface area contributed by atoms with Crippen LogP contribution in [0.2, 0.25) is 0 Å². The highest BCUT2D eigenvalue weighted by Crippen LogP contribution is 2.04. The van der Waals surface area contributed by atoms with E-state index in [0.717, 1.165) is 51.5 Å². The van der Waals surface area contributed by atoms with E-state index in [1.165, 1.54) is 12.8 Å². The summed E-state index contributed by atoms with van der Waals surface area (Å²) in [6.07, 6.45) is 8.28. The number of rotatable bonds is 20. The molecule has 0 rings (SSSR count). The fraction of sp³-hybridized carbons (Fsp3) is 0.864. The third kappa shape index (κ3) is 26.2. The van der Waals surface area contributed by atoms with Crippen LogP contribution in [0, 0.1) is 0 Å². The molecule has 10 N–H and O–H groups in total. The molecule has 0 aliphatic rings. The number of nitrogens with zero attached hydrogens (tertiary/aromatic N) is 1. The van der Waals surface area contributed by atoms with E-state index in [1.54, 1.807) is 4.90 Å². The third-order valence-electron chi connectivity index (χ3n) is 4.63. The van der Waals surface area contributed by atoms with Crippen LogP contribution in [0.4, 0.5) is 4.79 Å². The fourth-order valence-electron chi connectivity index (χ4n) is 2.75. The second kappa shape index (κ2) is 26.3. The summed E-state index contributed by atoms with van der Waals surface area (Å²) in [5, 5.41) is 5.70. The Kier molecular flexibility index (Phi) is 26.5. The molecule has 0 fully saturated rings. The number of ether oxygens (including phenoxy) is 1. The van der Waals surface area contributed by atoms with Crippen molar-refractivity contribution >= 4 is 17.9 Å². The number of unbranched alkanes of at least 4 members (excludes halogenated alkanes) is 6. The molecule has 0 heterocycles. The molecule has 11 nitrogen and oxygen atoms in total. The van der Waals surface area contributed by atoms with Gasteiger partial charge >= 0.3 is 6.09 Å². The first-order valence-corrected chi connectivity index (χ1v) is 12.2. The van der Waals surface area contributed by atoms with Crippen molar-refractivity contribution < 1.29 is 19.1 Å². The van der Waals surface area contributed by atoms with E-state index in [4.69, 9.17) is 22.9 Å². The number of hydrogen-bond donors (Lipinski definition) is 6. The molecule has 0 atom stereocenters. The van der Waals surface area contributed by atoms with Crippen molar-refractivity contribution in [3.63, 3.8) is 0 Å². The predicted octanol–water partition coefficient (Wildman–Crippen LogP) is 0.00940. The van der Waals surface area contributed by atoms with Gasteiger partial charge in [0, 0.05) is 6.54 Å². The Bertz CT molecular complexity index is 480. The molecule has 0 radical (unpaired) electrons. The van der Waals surface area contributed by atoms with E-state index < -0.39 is 6.09 Å². The van der Waals surface area contributed by atoms with Crippen molar-refractivity contribution in [2.75, 3.05) is 59.0 Å². The molecule has 196 valence electrons. The van der Waals surface area contributed by atoms with Gasteiger partial charge in [0.1, 0.15) is 6.61 Å². The van der Waals surface area contributed by atoms with Crippen LogP contribution in [0.3, 0.4) is 0 Å². The Balaban J connectivity index is 0. The Morgan fingerprint density at radius 2 is 1.42 bits per heavy atom. The Hall–Kier alpha value is -1.95. The predicted molar refractivity (Wildman–Crippen MR) is 132 cm³/mol. The van der Waals surface area contributed by atoms with Gasteiger partial charge in [-0.05, 0) is 58.3 Å². The van der Waals surface area contributed by atoms with Gasteiger partial charge in [0.15, 0.2) is 0 Å². The van der Waals surface area contributed by atoms with Crippen LogP contribution in [0.25, 0.3) is 0 Å². The smallest absolute Gasteiger partial charge is 0.404 e. The molecular formula is C22H49N7O4. The molecule has 0 aromatic carbocycles. The maximum Gasteiger partial charge on any atom is 0.404 e. The molecule has 0 aromatic heterocycles. The topological polar surface area (TPSA) is 192 Å². The molecule has 0 spiro atoms. The van der Waals surface area contributed by atoms with Gasteiger partial charge in [0.05, 0.1) is 19.6 Å². The van der Waals surface area contributed by atoms with Crippen LogP contribution >= 0.6 is 0 Å². The third-order valence-corrected chi connectivity index (χ3v) is 4.63. The Morgan fingerprint density at radius 1 is 0.818 bits per heavy atom. The summed E-state index contributed by atoms with van der Waals surface area (Å²) in [6, 6.07) is 0. The van der Waals surface area contributed by atoms with Crippen LogP contribution < -0.4 is 33.6 Å². The van der Waals surface area contributed by atoms with Gasteiger partial charge in [0.25, 0.3) is 0 Å².